The Balaban J connectivity index is 1.76. The Labute approximate surface area is 158 Å². The van der Waals surface area contributed by atoms with Gasteiger partial charge in [0.25, 0.3) is 5.91 Å². The van der Waals surface area contributed by atoms with Crippen LogP contribution in [0.5, 0.6) is 11.5 Å². The Hall–Kier alpha value is -3.22. The van der Waals surface area contributed by atoms with Gasteiger partial charge in [0.1, 0.15) is 11.5 Å². The molecule has 0 aliphatic carbocycles. The molecule has 1 heterocycles. The number of ether oxygens (including phenoxy) is 2. The van der Waals surface area contributed by atoms with Crippen LogP contribution in [0.1, 0.15) is 6.92 Å². The van der Waals surface area contributed by atoms with Crippen molar-refractivity contribution in [2.75, 3.05) is 37.0 Å². The standard InChI is InChI=1S/C20H23N3O4/c1-3-26-16-10-6-4-8-14(16)22-19(24)13-23-12-18(20(25)21-2)27-17-11-7-5-9-15(17)23/h4-11,18H,3,12-13H2,1-2H3,(H,21,25)(H,22,24)/t18-/m0/s1. The number of hydrogen-bond donors (Lipinski definition) is 2. The van der Waals surface area contributed by atoms with Gasteiger partial charge in [-0.25, -0.2) is 0 Å². The summed E-state index contributed by atoms with van der Waals surface area (Å²) in [6.45, 7) is 2.78. The smallest absolute Gasteiger partial charge is 0.262 e. The van der Waals surface area contributed by atoms with Gasteiger partial charge >= 0.3 is 0 Å². The van der Waals surface area contributed by atoms with E-state index >= 15 is 0 Å². The highest BCUT2D eigenvalue weighted by atomic mass is 16.5. The summed E-state index contributed by atoms with van der Waals surface area (Å²) in [4.78, 5) is 26.5. The number of amides is 2. The van der Waals surface area contributed by atoms with E-state index in [4.69, 9.17) is 9.47 Å². The molecule has 2 amide bonds. The van der Waals surface area contributed by atoms with Gasteiger partial charge in [0, 0.05) is 7.05 Å². The number of nitrogens with zero attached hydrogens (tertiary/aromatic N) is 1. The molecule has 1 aliphatic heterocycles. The molecule has 0 saturated heterocycles. The van der Waals surface area contributed by atoms with Crippen molar-refractivity contribution < 1.29 is 19.1 Å². The molecule has 0 unspecified atom stereocenters. The van der Waals surface area contributed by atoms with Crippen LogP contribution in [0.25, 0.3) is 0 Å². The number of anilines is 2. The van der Waals surface area contributed by atoms with Crippen LogP contribution >= 0.6 is 0 Å². The number of fused-ring (bicyclic) bond motifs is 1. The van der Waals surface area contributed by atoms with E-state index in [0.717, 1.165) is 5.69 Å². The van der Waals surface area contributed by atoms with Crippen LogP contribution < -0.4 is 25.0 Å². The number of rotatable bonds is 6. The summed E-state index contributed by atoms with van der Waals surface area (Å²) < 4.78 is 11.3. The first kappa shape index (κ1) is 18.6. The zero-order valence-corrected chi connectivity index (χ0v) is 15.4. The Bertz CT molecular complexity index is 824. The number of likely N-dealkylation sites (N-methyl/N-ethyl adjacent to an activating group) is 1. The second kappa shape index (κ2) is 8.44. The molecule has 7 nitrogen and oxygen atoms in total. The fourth-order valence-corrected chi connectivity index (χ4v) is 2.97. The number of carbonyl (C=O) groups is 2. The summed E-state index contributed by atoms with van der Waals surface area (Å²) in [6.07, 6.45) is -0.673. The minimum absolute atomic E-state index is 0.0916. The largest absolute Gasteiger partial charge is 0.492 e. The molecule has 0 aromatic heterocycles. The van der Waals surface area contributed by atoms with Crippen molar-refractivity contribution in [2.45, 2.75) is 13.0 Å². The highest BCUT2D eigenvalue weighted by Crippen LogP contribution is 2.33. The molecule has 1 atom stereocenters. The van der Waals surface area contributed by atoms with Crippen molar-refractivity contribution in [1.29, 1.82) is 0 Å². The first-order chi connectivity index (χ1) is 13.1. The third kappa shape index (κ3) is 4.31. The van der Waals surface area contributed by atoms with Gasteiger partial charge in [0.05, 0.1) is 31.1 Å². The van der Waals surface area contributed by atoms with Crippen molar-refractivity contribution in [3.05, 3.63) is 48.5 Å². The van der Waals surface area contributed by atoms with Gasteiger partial charge in [0.15, 0.2) is 6.10 Å². The number of para-hydroxylation sites is 4. The van der Waals surface area contributed by atoms with Gasteiger partial charge in [-0.2, -0.15) is 0 Å². The fourth-order valence-electron chi connectivity index (χ4n) is 2.97. The molecule has 1 aliphatic rings. The van der Waals surface area contributed by atoms with Crippen LogP contribution in [0.3, 0.4) is 0 Å². The van der Waals surface area contributed by atoms with Crippen molar-refractivity contribution in [2.24, 2.45) is 0 Å². The average Bonchev–Trinajstić information content (AvgIpc) is 2.69. The molecule has 27 heavy (non-hydrogen) atoms. The first-order valence-corrected chi connectivity index (χ1v) is 8.86. The Morgan fingerprint density at radius 2 is 1.93 bits per heavy atom. The molecule has 142 valence electrons. The van der Waals surface area contributed by atoms with Crippen LogP contribution in [0.4, 0.5) is 11.4 Å². The number of carbonyl (C=O) groups excluding carboxylic acids is 2. The number of benzene rings is 2. The lowest BCUT2D eigenvalue weighted by Gasteiger charge is -2.35. The summed E-state index contributed by atoms with van der Waals surface area (Å²) in [7, 11) is 1.56. The fraction of sp³-hybridized carbons (Fsp3) is 0.300. The average molecular weight is 369 g/mol. The maximum Gasteiger partial charge on any atom is 0.262 e. The normalized spacial score (nSPS) is 15.3. The molecular formula is C20H23N3O4. The SMILES string of the molecule is CCOc1ccccc1NC(=O)CN1C[C@@H](C(=O)NC)Oc2ccccc21. The van der Waals surface area contributed by atoms with Crippen LogP contribution in [0, 0.1) is 0 Å². The van der Waals surface area contributed by atoms with E-state index in [9.17, 15) is 9.59 Å². The quantitative estimate of drug-likeness (QED) is 0.815. The highest BCUT2D eigenvalue weighted by Gasteiger charge is 2.31. The van der Waals surface area contributed by atoms with Gasteiger partial charge in [-0.1, -0.05) is 24.3 Å². The molecule has 0 fully saturated rings. The van der Waals surface area contributed by atoms with E-state index in [0.29, 0.717) is 23.8 Å². The zero-order valence-electron chi connectivity index (χ0n) is 15.4. The predicted octanol–water partition coefficient (Wildman–Crippen LogP) is 2.04. The van der Waals surface area contributed by atoms with Crippen molar-refractivity contribution in [3.8, 4) is 11.5 Å². The van der Waals surface area contributed by atoms with E-state index in [1.54, 1.807) is 19.2 Å². The molecule has 0 bridgehead atoms. The number of hydrogen-bond acceptors (Lipinski definition) is 5. The van der Waals surface area contributed by atoms with Crippen LogP contribution in [-0.4, -0.2) is 44.7 Å². The lowest BCUT2D eigenvalue weighted by molar-refractivity contribution is -0.127. The molecule has 2 aromatic rings. The van der Waals surface area contributed by atoms with Crippen molar-refractivity contribution in [3.63, 3.8) is 0 Å². The molecule has 2 N–H and O–H groups in total. The van der Waals surface area contributed by atoms with E-state index in [1.165, 1.54) is 0 Å². The minimum Gasteiger partial charge on any atom is -0.492 e. The van der Waals surface area contributed by atoms with Gasteiger partial charge in [-0.15, -0.1) is 0 Å². The molecule has 7 heteroatoms. The summed E-state index contributed by atoms with van der Waals surface area (Å²) in [5.74, 6) is 0.782. The summed E-state index contributed by atoms with van der Waals surface area (Å²) >= 11 is 0. The topological polar surface area (TPSA) is 79.9 Å². The van der Waals surface area contributed by atoms with Crippen molar-refractivity contribution in [1.82, 2.24) is 5.32 Å². The highest BCUT2D eigenvalue weighted by molar-refractivity contribution is 5.96. The summed E-state index contributed by atoms with van der Waals surface area (Å²) in [5.41, 5.74) is 1.40. The van der Waals surface area contributed by atoms with Gasteiger partial charge < -0.3 is 25.0 Å². The summed E-state index contributed by atoms with van der Waals surface area (Å²) in [5, 5.41) is 5.48. The van der Waals surface area contributed by atoms with Gasteiger partial charge in [-0.3, -0.25) is 9.59 Å². The van der Waals surface area contributed by atoms with Crippen LogP contribution in [-0.2, 0) is 9.59 Å². The maximum absolute atomic E-state index is 12.6. The van der Waals surface area contributed by atoms with E-state index < -0.39 is 6.10 Å². The Morgan fingerprint density at radius 1 is 1.19 bits per heavy atom. The molecule has 0 radical (unpaired) electrons. The predicted molar refractivity (Wildman–Crippen MR) is 103 cm³/mol. The van der Waals surface area contributed by atoms with Gasteiger partial charge in [-0.05, 0) is 31.2 Å². The first-order valence-electron chi connectivity index (χ1n) is 8.86. The van der Waals surface area contributed by atoms with Crippen LogP contribution in [0.2, 0.25) is 0 Å². The van der Waals surface area contributed by atoms with E-state index in [1.807, 2.05) is 48.2 Å². The molecule has 2 aromatic carbocycles. The maximum atomic E-state index is 12.6. The number of nitrogens with one attached hydrogen (secondary N) is 2. The zero-order chi connectivity index (χ0) is 19.2. The molecule has 0 saturated carbocycles. The molecular weight excluding hydrogens is 346 g/mol. The lowest BCUT2D eigenvalue weighted by Crippen LogP contribution is -2.50. The third-order valence-electron chi connectivity index (χ3n) is 4.20. The van der Waals surface area contributed by atoms with Gasteiger partial charge in [0.2, 0.25) is 5.91 Å². The van der Waals surface area contributed by atoms with E-state index in [2.05, 4.69) is 10.6 Å². The molecule has 0 spiro atoms. The summed E-state index contributed by atoms with van der Waals surface area (Å²) in [6, 6.07) is 14.7. The third-order valence-corrected chi connectivity index (χ3v) is 4.20. The second-order valence-electron chi connectivity index (χ2n) is 6.05. The van der Waals surface area contributed by atoms with Crippen LogP contribution in [0.15, 0.2) is 48.5 Å². The Morgan fingerprint density at radius 3 is 2.70 bits per heavy atom. The minimum atomic E-state index is -0.673. The Kier molecular flexibility index (Phi) is 5.80. The van der Waals surface area contributed by atoms with Crippen molar-refractivity contribution >= 4 is 23.2 Å². The monoisotopic (exact) mass is 369 g/mol. The molecule has 3 rings (SSSR count). The lowest BCUT2D eigenvalue weighted by atomic mass is 10.1. The van der Waals surface area contributed by atoms with E-state index in [-0.39, 0.29) is 24.9 Å². The second-order valence-corrected chi connectivity index (χ2v) is 6.05.